The van der Waals surface area contributed by atoms with Crippen molar-refractivity contribution in [1.82, 2.24) is 24.1 Å². The maximum atomic E-state index is 12.8. The zero-order chi connectivity index (χ0) is 19.6. The van der Waals surface area contributed by atoms with Crippen molar-refractivity contribution >= 4 is 11.8 Å². The minimum absolute atomic E-state index is 0.109. The Labute approximate surface area is 158 Å². The average molecular weight is 398 g/mol. The summed E-state index contributed by atoms with van der Waals surface area (Å²) in [5, 5.41) is 26.3. The minimum atomic E-state index is -0.705. The van der Waals surface area contributed by atoms with Crippen molar-refractivity contribution in [3.8, 4) is 0 Å². The maximum absolute atomic E-state index is 12.8. The summed E-state index contributed by atoms with van der Waals surface area (Å²) in [5.74, 6) is 0. The van der Waals surface area contributed by atoms with Gasteiger partial charge in [-0.3, -0.25) is 13.9 Å². The molecule has 2 unspecified atom stereocenters. The van der Waals surface area contributed by atoms with Gasteiger partial charge in [-0.2, -0.15) is 0 Å². The maximum Gasteiger partial charge on any atom is 0.331 e. The summed E-state index contributed by atoms with van der Waals surface area (Å²) in [6, 6.07) is 0. The van der Waals surface area contributed by atoms with E-state index in [0.717, 1.165) is 4.57 Å². The lowest BCUT2D eigenvalue weighted by Crippen LogP contribution is -2.41. The molecule has 27 heavy (non-hydrogen) atoms. The van der Waals surface area contributed by atoms with Crippen molar-refractivity contribution in [2.24, 2.45) is 0 Å². The molecule has 3 atom stereocenters. The van der Waals surface area contributed by atoms with Crippen molar-refractivity contribution in [2.45, 2.75) is 49.6 Å². The number of hydrogen-bond donors (Lipinski definition) is 2. The molecule has 0 spiro atoms. The largest absolute Gasteiger partial charge is 0.395 e. The molecule has 1 aliphatic heterocycles. The second-order valence-electron chi connectivity index (χ2n) is 6.49. The smallest absolute Gasteiger partial charge is 0.331 e. The number of rotatable bonds is 7. The number of aliphatic hydroxyl groups excluding tert-OH is 2. The Hall–Kier alpha value is -1.98. The number of halogens is 1. The molecular weight excluding hydrogens is 376 g/mol. The van der Waals surface area contributed by atoms with E-state index < -0.39 is 18.5 Å². The molecule has 2 N–H and O–H groups in total. The Morgan fingerprint density at radius 3 is 2.78 bits per heavy atom. The summed E-state index contributed by atoms with van der Waals surface area (Å²) in [7, 11) is 0. The molecule has 3 rings (SSSR count). The van der Waals surface area contributed by atoms with Crippen LogP contribution in [0.4, 0.5) is 4.39 Å². The van der Waals surface area contributed by atoms with Crippen molar-refractivity contribution in [1.29, 1.82) is 0 Å². The third kappa shape index (κ3) is 4.14. The first-order chi connectivity index (χ1) is 12.9. The molecule has 1 aliphatic rings. The lowest BCUT2D eigenvalue weighted by atomic mass is 10.2. The second-order valence-corrected chi connectivity index (χ2v) is 7.91. The van der Waals surface area contributed by atoms with Gasteiger partial charge in [0.2, 0.25) is 0 Å². The molecule has 11 heteroatoms. The SMILES string of the molecule is Cc1cn(C2CC(O)[C@@H](CO)S2)c(=O)n(CCc2cn(CC[18F])nn2)c1=O. The molecule has 1 saturated heterocycles. The summed E-state index contributed by atoms with van der Waals surface area (Å²) >= 11 is 1.32. The van der Waals surface area contributed by atoms with Crippen LogP contribution in [0, 0.1) is 6.92 Å². The van der Waals surface area contributed by atoms with Crippen molar-refractivity contribution in [3.63, 3.8) is 0 Å². The van der Waals surface area contributed by atoms with Crippen LogP contribution in [0.5, 0.6) is 0 Å². The zero-order valence-corrected chi connectivity index (χ0v) is 15.7. The fourth-order valence-corrected chi connectivity index (χ4v) is 4.46. The molecule has 1 fully saturated rings. The van der Waals surface area contributed by atoms with E-state index >= 15 is 0 Å². The van der Waals surface area contributed by atoms with Crippen LogP contribution in [-0.4, -0.2) is 59.0 Å². The van der Waals surface area contributed by atoms with Crippen LogP contribution in [0.1, 0.15) is 23.1 Å². The molecule has 0 amide bonds. The molecule has 0 radical (unpaired) electrons. The Kier molecular flexibility index (Phi) is 6.12. The molecule has 2 aromatic heterocycles. The van der Waals surface area contributed by atoms with Gasteiger partial charge in [-0.15, -0.1) is 16.9 Å². The molecule has 0 saturated carbocycles. The Morgan fingerprint density at radius 1 is 1.33 bits per heavy atom. The third-order valence-electron chi connectivity index (χ3n) is 4.55. The lowest BCUT2D eigenvalue weighted by molar-refractivity contribution is 0.137. The quantitative estimate of drug-likeness (QED) is 0.645. The third-order valence-corrected chi connectivity index (χ3v) is 6.10. The van der Waals surface area contributed by atoms with E-state index in [9.17, 15) is 24.2 Å². The fraction of sp³-hybridized carbons (Fsp3) is 0.625. The highest BCUT2D eigenvalue weighted by Crippen LogP contribution is 2.40. The predicted molar refractivity (Wildman–Crippen MR) is 97.5 cm³/mol. The summed E-state index contributed by atoms with van der Waals surface area (Å²) in [6.07, 6.45) is 3.02. The summed E-state index contributed by atoms with van der Waals surface area (Å²) in [4.78, 5) is 25.3. The Bertz CT molecular complexity index is 911. The van der Waals surface area contributed by atoms with Crippen LogP contribution in [0.15, 0.2) is 22.0 Å². The van der Waals surface area contributed by atoms with Gasteiger partial charge < -0.3 is 10.2 Å². The highest BCUT2D eigenvalue weighted by molar-refractivity contribution is 8.00. The topological polar surface area (TPSA) is 115 Å². The van der Waals surface area contributed by atoms with Gasteiger partial charge in [0.15, 0.2) is 0 Å². The van der Waals surface area contributed by atoms with E-state index in [2.05, 4.69) is 10.3 Å². The number of hydrogen-bond acceptors (Lipinski definition) is 7. The van der Waals surface area contributed by atoms with Crippen LogP contribution in [0.25, 0.3) is 0 Å². The van der Waals surface area contributed by atoms with Gasteiger partial charge in [0.05, 0.1) is 35.6 Å². The van der Waals surface area contributed by atoms with Crippen molar-refractivity contribution in [2.75, 3.05) is 13.3 Å². The standard InChI is InChI=1S/C16H22FN5O4S/c1-10-7-22(14-6-12(24)13(9-23)27-14)16(26)21(15(10)25)4-2-11-8-20(5-3-17)19-18-11/h7-8,12-14,23-24H,2-6,9H2,1H3/t12?,13-,14?/m1/s1/i17-1. The number of aromatic nitrogens is 5. The molecule has 0 aromatic carbocycles. The van der Waals surface area contributed by atoms with Gasteiger partial charge in [0.25, 0.3) is 5.56 Å². The van der Waals surface area contributed by atoms with E-state index in [4.69, 9.17) is 0 Å². The summed E-state index contributed by atoms with van der Waals surface area (Å²) in [6.45, 7) is 1.13. The van der Waals surface area contributed by atoms with E-state index in [1.165, 1.54) is 27.2 Å². The zero-order valence-electron chi connectivity index (χ0n) is 14.9. The molecule has 9 nitrogen and oxygen atoms in total. The van der Waals surface area contributed by atoms with Crippen LogP contribution in [0.3, 0.4) is 0 Å². The number of nitrogens with zero attached hydrogens (tertiary/aromatic N) is 5. The van der Waals surface area contributed by atoms with Crippen LogP contribution < -0.4 is 11.2 Å². The first-order valence-electron chi connectivity index (χ1n) is 8.66. The van der Waals surface area contributed by atoms with Crippen molar-refractivity contribution < 1.29 is 14.6 Å². The molecule has 0 aliphatic carbocycles. The minimum Gasteiger partial charge on any atom is -0.395 e. The molecule has 2 aromatic rings. The molecule has 148 valence electrons. The lowest BCUT2D eigenvalue weighted by Gasteiger charge is -2.16. The van der Waals surface area contributed by atoms with Gasteiger partial charge in [-0.05, 0) is 6.92 Å². The first-order valence-corrected chi connectivity index (χ1v) is 9.60. The average Bonchev–Trinajstić information content (AvgIpc) is 3.24. The fourth-order valence-electron chi connectivity index (χ4n) is 3.09. The molecule has 3 heterocycles. The van der Waals surface area contributed by atoms with Crippen LogP contribution >= 0.6 is 11.8 Å². The van der Waals surface area contributed by atoms with Gasteiger partial charge in [-0.1, -0.05) is 5.21 Å². The van der Waals surface area contributed by atoms with E-state index in [1.54, 1.807) is 13.1 Å². The number of thioether (sulfide) groups is 1. The highest BCUT2D eigenvalue weighted by atomic mass is 32.2. The number of aliphatic hydroxyl groups is 2. The van der Waals surface area contributed by atoms with Gasteiger partial charge in [0.1, 0.15) is 6.67 Å². The van der Waals surface area contributed by atoms with E-state index in [0.29, 0.717) is 24.1 Å². The van der Waals surface area contributed by atoms with Gasteiger partial charge in [-0.25, -0.2) is 13.9 Å². The second kappa shape index (κ2) is 8.36. The van der Waals surface area contributed by atoms with Gasteiger partial charge >= 0.3 is 5.69 Å². The van der Waals surface area contributed by atoms with E-state index in [1.807, 2.05) is 0 Å². The van der Waals surface area contributed by atoms with Gasteiger partial charge in [0, 0.05) is 37.3 Å². The van der Waals surface area contributed by atoms with E-state index in [-0.39, 0.29) is 35.9 Å². The number of aryl methyl sites for hydroxylation is 3. The number of alkyl halides is 1. The van der Waals surface area contributed by atoms with Crippen LogP contribution in [-0.2, 0) is 19.5 Å². The highest BCUT2D eigenvalue weighted by Gasteiger charge is 2.35. The Morgan fingerprint density at radius 2 is 2.11 bits per heavy atom. The summed E-state index contributed by atoms with van der Waals surface area (Å²) < 4.78 is 16.3. The summed E-state index contributed by atoms with van der Waals surface area (Å²) in [5.41, 5.74) is 0.131. The Balaban J connectivity index is 1.83. The normalized spacial score (nSPS) is 22.4. The van der Waals surface area contributed by atoms with Crippen molar-refractivity contribution in [3.05, 3.63) is 44.5 Å². The molecular formula is C16H22FN5O4S. The monoisotopic (exact) mass is 398 g/mol. The molecule has 0 bridgehead atoms. The first kappa shape index (κ1) is 19.8. The predicted octanol–water partition coefficient (Wildman–Crippen LogP) is -0.521. The van der Waals surface area contributed by atoms with Crippen LogP contribution in [0.2, 0.25) is 0 Å².